The van der Waals surface area contributed by atoms with Crippen molar-refractivity contribution in [3.8, 4) is 0 Å². The summed E-state index contributed by atoms with van der Waals surface area (Å²) in [7, 11) is 4.29. The first-order valence-corrected chi connectivity index (χ1v) is 7.63. The van der Waals surface area contributed by atoms with Crippen LogP contribution in [-0.4, -0.2) is 72.9 Å². The third-order valence-electron chi connectivity index (χ3n) is 4.01. The van der Waals surface area contributed by atoms with Crippen LogP contribution in [0.25, 0.3) is 0 Å². The Morgan fingerprint density at radius 3 is 2.63 bits per heavy atom. The molecular weight excluding hydrogens is 238 g/mol. The molecule has 1 aliphatic rings. The molecule has 1 heterocycles. The Bertz CT molecular complexity index is 258. The van der Waals surface area contributed by atoms with Gasteiger partial charge in [0.25, 0.3) is 0 Å². The fourth-order valence-electron chi connectivity index (χ4n) is 3.10. The molecule has 2 unspecified atom stereocenters. The van der Waals surface area contributed by atoms with Crippen molar-refractivity contribution in [3.63, 3.8) is 0 Å². The maximum absolute atomic E-state index is 9.63. The lowest BCUT2D eigenvalue weighted by atomic mass is 9.97. The van der Waals surface area contributed by atoms with Crippen LogP contribution in [0, 0.1) is 0 Å². The van der Waals surface area contributed by atoms with Gasteiger partial charge in [-0.15, -0.1) is 0 Å². The fourth-order valence-corrected chi connectivity index (χ4v) is 3.10. The second-order valence-electron chi connectivity index (χ2n) is 6.86. The summed E-state index contributed by atoms with van der Waals surface area (Å²) in [6, 6.07) is 1.10. The number of hydrogen-bond donors (Lipinski definition) is 2. The van der Waals surface area contributed by atoms with Gasteiger partial charge in [0, 0.05) is 30.7 Å². The van der Waals surface area contributed by atoms with Crippen molar-refractivity contribution in [2.24, 2.45) is 0 Å². The van der Waals surface area contributed by atoms with E-state index >= 15 is 0 Å². The molecular formula is C15H33N3O. The van der Waals surface area contributed by atoms with Gasteiger partial charge in [-0.05, 0) is 46.8 Å². The summed E-state index contributed by atoms with van der Waals surface area (Å²) in [5, 5.41) is 13.1. The molecule has 0 radical (unpaired) electrons. The average Bonchev–Trinajstić information content (AvgIpc) is 2.72. The second-order valence-corrected chi connectivity index (χ2v) is 6.86. The third kappa shape index (κ3) is 5.78. The van der Waals surface area contributed by atoms with E-state index in [-0.39, 0.29) is 12.1 Å². The summed E-state index contributed by atoms with van der Waals surface area (Å²) in [4.78, 5) is 4.87. The van der Waals surface area contributed by atoms with Crippen LogP contribution < -0.4 is 5.32 Å². The first-order chi connectivity index (χ1) is 8.86. The molecule has 1 rings (SSSR count). The molecule has 0 bridgehead atoms. The van der Waals surface area contributed by atoms with Gasteiger partial charge >= 0.3 is 0 Å². The monoisotopic (exact) mass is 271 g/mol. The van der Waals surface area contributed by atoms with Gasteiger partial charge in [0.15, 0.2) is 0 Å². The zero-order valence-corrected chi connectivity index (χ0v) is 13.4. The van der Waals surface area contributed by atoms with Crippen LogP contribution in [0.15, 0.2) is 0 Å². The highest BCUT2D eigenvalue weighted by molar-refractivity contribution is 4.88. The highest BCUT2D eigenvalue weighted by atomic mass is 16.3. The molecule has 1 fully saturated rings. The van der Waals surface area contributed by atoms with E-state index in [1.807, 2.05) is 0 Å². The molecule has 0 spiro atoms. The maximum Gasteiger partial charge on any atom is 0.0611 e. The lowest BCUT2D eigenvalue weighted by molar-refractivity contribution is 0.128. The molecule has 0 aromatic carbocycles. The van der Waals surface area contributed by atoms with Gasteiger partial charge in [-0.2, -0.15) is 0 Å². The number of hydrogen-bond acceptors (Lipinski definition) is 4. The van der Waals surface area contributed by atoms with Crippen molar-refractivity contribution in [2.45, 2.75) is 57.7 Å². The van der Waals surface area contributed by atoms with E-state index < -0.39 is 0 Å². The molecule has 2 atom stereocenters. The van der Waals surface area contributed by atoms with Crippen molar-refractivity contribution in [1.29, 1.82) is 0 Å². The number of aliphatic hydroxyl groups is 1. The van der Waals surface area contributed by atoms with Crippen LogP contribution in [0.5, 0.6) is 0 Å². The van der Waals surface area contributed by atoms with Crippen molar-refractivity contribution in [2.75, 3.05) is 40.3 Å². The van der Waals surface area contributed by atoms with Crippen molar-refractivity contribution in [3.05, 3.63) is 0 Å². The minimum absolute atomic E-state index is 0.153. The molecule has 1 aliphatic heterocycles. The van der Waals surface area contributed by atoms with Crippen LogP contribution in [0.2, 0.25) is 0 Å². The first kappa shape index (κ1) is 16.9. The molecule has 0 amide bonds. The van der Waals surface area contributed by atoms with E-state index in [2.05, 4.69) is 50.0 Å². The Balaban J connectivity index is 2.45. The number of likely N-dealkylation sites (N-methyl/N-ethyl adjacent to an activating group) is 1. The van der Waals surface area contributed by atoms with E-state index in [4.69, 9.17) is 0 Å². The highest BCUT2D eigenvalue weighted by Crippen LogP contribution is 2.20. The van der Waals surface area contributed by atoms with E-state index in [1.54, 1.807) is 0 Å². The largest absolute Gasteiger partial charge is 0.394 e. The van der Waals surface area contributed by atoms with Gasteiger partial charge in [-0.25, -0.2) is 0 Å². The number of likely N-dealkylation sites (tertiary alicyclic amines) is 1. The molecule has 4 nitrogen and oxygen atoms in total. The summed E-state index contributed by atoms with van der Waals surface area (Å²) in [6.07, 6.45) is 3.63. The topological polar surface area (TPSA) is 38.7 Å². The lowest BCUT2D eigenvalue weighted by Gasteiger charge is -2.34. The third-order valence-corrected chi connectivity index (χ3v) is 4.01. The standard InChI is InChI=1S/C15H33N3O/c1-13(2)16-15(3,12-19)8-10-18-9-6-7-14(18)11-17(4)5/h13-14,16,19H,6-12H2,1-5H3. The predicted octanol–water partition coefficient (Wildman–Crippen LogP) is 1.15. The molecule has 2 N–H and O–H groups in total. The molecule has 0 saturated carbocycles. The lowest BCUT2D eigenvalue weighted by Crippen LogP contribution is -2.51. The summed E-state index contributed by atoms with van der Waals surface area (Å²) >= 11 is 0. The minimum Gasteiger partial charge on any atom is -0.394 e. The first-order valence-electron chi connectivity index (χ1n) is 7.63. The van der Waals surface area contributed by atoms with Crippen molar-refractivity contribution in [1.82, 2.24) is 15.1 Å². The Labute approximate surface area is 119 Å². The summed E-state index contributed by atoms with van der Waals surface area (Å²) < 4.78 is 0. The van der Waals surface area contributed by atoms with Crippen LogP contribution in [-0.2, 0) is 0 Å². The minimum atomic E-state index is -0.153. The van der Waals surface area contributed by atoms with Crippen LogP contribution >= 0.6 is 0 Å². The summed E-state index contributed by atoms with van der Waals surface area (Å²) in [5.41, 5.74) is -0.153. The number of rotatable bonds is 8. The Morgan fingerprint density at radius 1 is 1.42 bits per heavy atom. The molecule has 1 saturated heterocycles. The van der Waals surface area contributed by atoms with Gasteiger partial charge in [0.05, 0.1) is 6.61 Å². The summed E-state index contributed by atoms with van der Waals surface area (Å²) in [5.74, 6) is 0. The molecule has 0 aromatic heterocycles. The SMILES string of the molecule is CC(C)NC(C)(CO)CCN1CCCC1CN(C)C. The van der Waals surface area contributed by atoms with Crippen LogP contribution in [0.4, 0.5) is 0 Å². The van der Waals surface area contributed by atoms with Crippen LogP contribution in [0.1, 0.15) is 40.0 Å². The molecule has 4 heteroatoms. The normalized spacial score (nSPS) is 24.3. The van der Waals surface area contributed by atoms with E-state index in [9.17, 15) is 5.11 Å². The second kappa shape index (κ2) is 7.58. The molecule has 19 heavy (non-hydrogen) atoms. The quantitative estimate of drug-likeness (QED) is 0.695. The zero-order valence-electron chi connectivity index (χ0n) is 13.4. The summed E-state index contributed by atoms with van der Waals surface area (Å²) in [6.45, 7) is 10.0. The van der Waals surface area contributed by atoms with Gasteiger partial charge in [0.1, 0.15) is 0 Å². The van der Waals surface area contributed by atoms with Crippen LogP contribution in [0.3, 0.4) is 0 Å². The fraction of sp³-hybridized carbons (Fsp3) is 1.00. The Kier molecular flexibility index (Phi) is 6.74. The van der Waals surface area contributed by atoms with Gasteiger partial charge in [-0.1, -0.05) is 13.8 Å². The Hall–Kier alpha value is -0.160. The predicted molar refractivity (Wildman–Crippen MR) is 81.5 cm³/mol. The van der Waals surface area contributed by atoms with E-state index in [0.29, 0.717) is 12.1 Å². The smallest absolute Gasteiger partial charge is 0.0611 e. The highest BCUT2D eigenvalue weighted by Gasteiger charge is 2.29. The van der Waals surface area contributed by atoms with Gasteiger partial charge < -0.3 is 15.3 Å². The maximum atomic E-state index is 9.63. The zero-order chi connectivity index (χ0) is 14.5. The number of aliphatic hydroxyl groups excluding tert-OH is 1. The van der Waals surface area contributed by atoms with Gasteiger partial charge in [-0.3, -0.25) is 4.90 Å². The number of nitrogens with zero attached hydrogens (tertiary/aromatic N) is 2. The Morgan fingerprint density at radius 2 is 2.11 bits per heavy atom. The number of nitrogens with one attached hydrogen (secondary N) is 1. The van der Waals surface area contributed by atoms with E-state index in [1.165, 1.54) is 19.4 Å². The molecule has 114 valence electrons. The molecule has 0 aliphatic carbocycles. The van der Waals surface area contributed by atoms with Crippen molar-refractivity contribution < 1.29 is 5.11 Å². The van der Waals surface area contributed by atoms with Gasteiger partial charge in [0.2, 0.25) is 0 Å². The van der Waals surface area contributed by atoms with E-state index in [0.717, 1.165) is 19.5 Å². The molecule has 0 aromatic rings. The van der Waals surface area contributed by atoms with Crippen molar-refractivity contribution >= 4 is 0 Å². The average molecular weight is 271 g/mol.